The predicted molar refractivity (Wildman–Crippen MR) is 95.5 cm³/mol. The summed E-state index contributed by atoms with van der Waals surface area (Å²) in [6.45, 7) is 6.08. The van der Waals surface area contributed by atoms with Gasteiger partial charge in [-0.25, -0.2) is 8.42 Å². The van der Waals surface area contributed by atoms with Gasteiger partial charge in [-0.2, -0.15) is 0 Å². The summed E-state index contributed by atoms with van der Waals surface area (Å²) in [5.41, 5.74) is 2.18. The second-order valence-electron chi connectivity index (χ2n) is 6.40. The molecule has 0 spiro atoms. The first-order valence-corrected chi connectivity index (χ1v) is 9.78. The van der Waals surface area contributed by atoms with E-state index in [9.17, 15) is 13.2 Å². The quantitative estimate of drug-likeness (QED) is 0.902. The van der Waals surface area contributed by atoms with Crippen LogP contribution in [0, 0.1) is 6.92 Å². The summed E-state index contributed by atoms with van der Waals surface area (Å²) in [6.07, 6.45) is 0.631. The smallest absolute Gasteiger partial charge is 0.261 e. The highest BCUT2D eigenvalue weighted by Gasteiger charge is 2.28. The Balaban J connectivity index is 1.78. The number of sulfonamides is 1. The van der Waals surface area contributed by atoms with Crippen molar-refractivity contribution in [3.05, 3.63) is 41.3 Å². The molecule has 1 aromatic heterocycles. The largest absolute Gasteiger partial charge is 0.360 e. The molecule has 0 radical (unpaired) electrons. The SMILES string of the molecule is Cc1noc(C(C)C)c1C(=O)Nc1ccc(N2CCCS2(=O)=O)cc1. The molecule has 2 aromatic rings. The van der Waals surface area contributed by atoms with Crippen LogP contribution in [0.4, 0.5) is 11.4 Å². The van der Waals surface area contributed by atoms with Gasteiger partial charge in [0, 0.05) is 18.2 Å². The Morgan fingerprint density at radius 3 is 2.52 bits per heavy atom. The molecule has 3 rings (SSSR count). The fraction of sp³-hybridized carbons (Fsp3) is 0.412. The summed E-state index contributed by atoms with van der Waals surface area (Å²) in [6, 6.07) is 6.78. The van der Waals surface area contributed by atoms with E-state index in [4.69, 9.17) is 4.52 Å². The summed E-state index contributed by atoms with van der Waals surface area (Å²) in [7, 11) is -3.21. The molecule has 1 fully saturated rings. The minimum atomic E-state index is -3.21. The van der Waals surface area contributed by atoms with Crippen molar-refractivity contribution in [2.24, 2.45) is 0 Å². The van der Waals surface area contributed by atoms with Gasteiger partial charge in [0.05, 0.1) is 17.1 Å². The Morgan fingerprint density at radius 1 is 1.28 bits per heavy atom. The zero-order chi connectivity index (χ0) is 18.2. The van der Waals surface area contributed by atoms with Gasteiger partial charge in [0.15, 0.2) is 5.76 Å². The van der Waals surface area contributed by atoms with Crippen molar-refractivity contribution in [1.29, 1.82) is 0 Å². The van der Waals surface area contributed by atoms with E-state index in [0.29, 0.717) is 41.4 Å². The Hall–Kier alpha value is -2.35. The van der Waals surface area contributed by atoms with Crippen LogP contribution in [0.2, 0.25) is 0 Å². The molecule has 1 amide bonds. The molecular formula is C17H21N3O4S. The Bertz CT molecular complexity index is 885. The number of carbonyl (C=O) groups excluding carboxylic acids is 1. The molecule has 1 aliphatic rings. The monoisotopic (exact) mass is 363 g/mol. The van der Waals surface area contributed by atoms with Gasteiger partial charge in [-0.1, -0.05) is 19.0 Å². The van der Waals surface area contributed by atoms with E-state index in [1.807, 2.05) is 13.8 Å². The van der Waals surface area contributed by atoms with E-state index in [1.165, 1.54) is 4.31 Å². The highest BCUT2D eigenvalue weighted by Crippen LogP contribution is 2.27. The Kier molecular flexibility index (Phi) is 4.55. The first-order chi connectivity index (χ1) is 11.8. The third-order valence-electron chi connectivity index (χ3n) is 4.15. The number of carbonyl (C=O) groups is 1. The zero-order valence-electron chi connectivity index (χ0n) is 14.4. The Labute approximate surface area is 147 Å². The zero-order valence-corrected chi connectivity index (χ0v) is 15.3. The number of anilines is 2. The van der Waals surface area contributed by atoms with Crippen LogP contribution < -0.4 is 9.62 Å². The van der Waals surface area contributed by atoms with Crippen LogP contribution >= 0.6 is 0 Å². The lowest BCUT2D eigenvalue weighted by Gasteiger charge is -2.17. The van der Waals surface area contributed by atoms with E-state index >= 15 is 0 Å². The number of hydrogen-bond donors (Lipinski definition) is 1. The molecule has 1 saturated heterocycles. The van der Waals surface area contributed by atoms with Crippen LogP contribution in [0.25, 0.3) is 0 Å². The lowest BCUT2D eigenvalue weighted by molar-refractivity contribution is 0.102. The van der Waals surface area contributed by atoms with Gasteiger partial charge < -0.3 is 9.84 Å². The van der Waals surface area contributed by atoms with Crippen molar-refractivity contribution >= 4 is 27.3 Å². The lowest BCUT2D eigenvalue weighted by Crippen LogP contribution is -2.25. The van der Waals surface area contributed by atoms with Crippen LogP contribution in [0.3, 0.4) is 0 Å². The molecule has 0 atom stereocenters. The minimum Gasteiger partial charge on any atom is -0.360 e. The topological polar surface area (TPSA) is 92.5 Å². The average molecular weight is 363 g/mol. The molecule has 1 aromatic carbocycles. The fourth-order valence-electron chi connectivity index (χ4n) is 2.89. The number of nitrogens with zero attached hydrogens (tertiary/aromatic N) is 2. The summed E-state index contributed by atoms with van der Waals surface area (Å²) in [4.78, 5) is 12.5. The van der Waals surface area contributed by atoms with Crippen LogP contribution in [0.5, 0.6) is 0 Å². The lowest BCUT2D eigenvalue weighted by atomic mass is 10.0. The number of amides is 1. The van der Waals surface area contributed by atoms with Gasteiger partial charge in [-0.3, -0.25) is 9.10 Å². The van der Waals surface area contributed by atoms with E-state index in [0.717, 1.165) is 0 Å². The van der Waals surface area contributed by atoms with Crippen LogP contribution in [-0.4, -0.2) is 31.8 Å². The second kappa shape index (κ2) is 6.51. The molecule has 7 nitrogen and oxygen atoms in total. The molecule has 0 unspecified atom stereocenters. The van der Waals surface area contributed by atoms with Gasteiger partial charge in [0.1, 0.15) is 5.56 Å². The number of benzene rings is 1. The Morgan fingerprint density at radius 2 is 1.96 bits per heavy atom. The second-order valence-corrected chi connectivity index (χ2v) is 8.42. The van der Waals surface area contributed by atoms with E-state index in [-0.39, 0.29) is 17.6 Å². The van der Waals surface area contributed by atoms with Crippen molar-refractivity contribution in [3.8, 4) is 0 Å². The molecule has 8 heteroatoms. The number of aryl methyl sites for hydroxylation is 1. The normalized spacial score (nSPS) is 16.4. The van der Waals surface area contributed by atoms with Crippen molar-refractivity contribution in [2.45, 2.75) is 33.1 Å². The number of hydrogen-bond acceptors (Lipinski definition) is 5. The molecule has 0 bridgehead atoms. The van der Waals surface area contributed by atoms with E-state index in [2.05, 4.69) is 10.5 Å². The maximum absolute atomic E-state index is 12.5. The first-order valence-electron chi connectivity index (χ1n) is 8.17. The highest BCUT2D eigenvalue weighted by atomic mass is 32.2. The van der Waals surface area contributed by atoms with Crippen LogP contribution in [0.15, 0.2) is 28.8 Å². The number of rotatable bonds is 4. The van der Waals surface area contributed by atoms with E-state index < -0.39 is 10.0 Å². The summed E-state index contributed by atoms with van der Waals surface area (Å²) in [5, 5.41) is 6.69. The molecule has 134 valence electrons. The number of aromatic nitrogens is 1. The summed E-state index contributed by atoms with van der Waals surface area (Å²) in [5.74, 6) is 0.486. The molecule has 1 N–H and O–H groups in total. The molecule has 0 aliphatic carbocycles. The van der Waals surface area contributed by atoms with Crippen molar-refractivity contribution < 1.29 is 17.7 Å². The van der Waals surface area contributed by atoms with Gasteiger partial charge in [0.2, 0.25) is 10.0 Å². The predicted octanol–water partition coefficient (Wildman–Crippen LogP) is 2.90. The first kappa shape index (κ1) is 17.5. The standard InChI is InChI=1S/C17H21N3O4S/c1-11(2)16-15(12(3)19-24-16)17(21)18-13-5-7-14(8-6-13)20-9-4-10-25(20,22)23/h5-8,11H,4,9-10H2,1-3H3,(H,18,21). The van der Waals surface area contributed by atoms with E-state index in [1.54, 1.807) is 31.2 Å². The molecular weight excluding hydrogens is 342 g/mol. The highest BCUT2D eigenvalue weighted by molar-refractivity contribution is 7.93. The van der Waals surface area contributed by atoms with Crippen LogP contribution in [-0.2, 0) is 10.0 Å². The van der Waals surface area contributed by atoms with Gasteiger partial charge >= 0.3 is 0 Å². The summed E-state index contributed by atoms with van der Waals surface area (Å²) < 4.78 is 30.6. The third kappa shape index (κ3) is 3.39. The average Bonchev–Trinajstić information content (AvgIpc) is 3.10. The third-order valence-corrected chi connectivity index (χ3v) is 6.02. The number of nitrogens with one attached hydrogen (secondary N) is 1. The van der Waals surface area contributed by atoms with Gasteiger partial charge in [0.25, 0.3) is 5.91 Å². The molecule has 2 heterocycles. The van der Waals surface area contributed by atoms with Crippen molar-refractivity contribution in [2.75, 3.05) is 21.9 Å². The minimum absolute atomic E-state index is 0.0460. The molecule has 0 saturated carbocycles. The van der Waals surface area contributed by atoms with Gasteiger partial charge in [-0.05, 0) is 37.6 Å². The van der Waals surface area contributed by atoms with Crippen LogP contribution in [0.1, 0.15) is 48.0 Å². The van der Waals surface area contributed by atoms with Crippen molar-refractivity contribution in [1.82, 2.24) is 5.16 Å². The molecule has 25 heavy (non-hydrogen) atoms. The van der Waals surface area contributed by atoms with Gasteiger partial charge in [-0.15, -0.1) is 0 Å². The fourth-order valence-corrected chi connectivity index (χ4v) is 4.46. The maximum Gasteiger partial charge on any atom is 0.261 e. The molecule has 1 aliphatic heterocycles. The maximum atomic E-state index is 12.5. The van der Waals surface area contributed by atoms with Crippen molar-refractivity contribution in [3.63, 3.8) is 0 Å². The summed E-state index contributed by atoms with van der Waals surface area (Å²) >= 11 is 0.